The van der Waals surface area contributed by atoms with Crippen molar-refractivity contribution in [2.75, 3.05) is 6.54 Å². The number of amides is 1. The number of nitrogens with one attached hydrogen (secondary N) is 1. The number of nitrogens with zero attached hydrogens (tertiary/aromatic N) is 1. The second-order valence-corrected chi connectivity index (χ2v) is 8.52. The molecule has 0 atom stereocenters. The summed E-state index contributed by atoms with van der Waals surface area (Å²) in [6.45, 7) is 2.78. The Labute approximate surface area is 188 Å². The monoisotopic (exact) mass is 434 g/mol. The van der Waals surface area contributed by atoms with Gasteiger partial charge in [-0.25, -0.2) is 0 Å². The van der Waals surface area contributed by atoms with E-state index >= 15 is 0 Å². The van der Waals surface area contributed by atoms with Crippen LogP contribution in [0.2, 0.25) is 0 Å². The van der Waals surface area contributed by atoms with E-state index in [1.54, 1.807) is 0 Å². The first-order valence-corrected chi connectivity index (χ1v) is 12.3. The van der Waals surface area contributed by atoms with Gasteiger partial charge in [0.2, 0.25) is 0 Å². The number of rotatable bonds is 19. The SMILES string of the molecule is CCCCCCCCCCCCCCCCCCNC(=O)c1cc([N+](=O)[O-])ccc1O. The van der Waals surface area contributed by atoms with E-state index in [1.807, 2.05) is 0 Å². The Balaban J connectivity index is 1.93. The highest BCUT2D eigenvalue weighted by molar-refractivity contribution is 5.97. The highest BCUT2D eigenvalue weighted by atomic mass is 16.6. The lowest BCUT2D eigenvalue weighted by Gasteiger charge is -2.07. The number of nitro benzene ring substituents is 1. The molecule has 0 aliphatic rings. The smallest absolute Gasteiger partial charge is 0.270 e. The Morgan fingerprint density at radius 1 is 0.839 bits per heavy atom. The Morgan fingerprint density at radius 3 is 1.74 bits per heavy atom. The number of phenolic OH excluding ortho intramolecular Hbond substituents is 1. The summed E-state index contributed by atoms with van der Waals surface area (Å²) in [6.07, 6.45) is 20.8. The zero-order valence-electron chi connectivity index (χ0n) is 19.4. The van der Waals surface area contributed by atoms with Gasteiger partial charge in [0, 0.05) is 18.7 Å². The van der Waals surface area contributed by atoms with Crippen LogP contribution in [0.5, 0.6) is 5.75 Å². The average Bonchev–Trinajstić information content (AvgIpc) is 2.75. The van der Waals surface area contributed by atoms with Gasteiger partial charge >= 0.3 is 0 Å². The van der Waals surface area contributed by atoms with Crippen molar-refractivity contribution in [2.24, 2.45) is 0 Å². The molecule has 0 radical (unpaired) electrons. The molecule has 0 heterocycles. The average molecular weight is 435 g/mol. The number of benzene rings is 1. The largest absolute Gasteiger partial charge is 0.507 e. The minimum atomic E-state index is -0.578. The topological polar surface area (TPSA) is 92.5 Å². The van der Waals surface area contributed by atoms with Crippen molar-refractivity contribution in [3.63, 3.8) is 0 Å². The molecule has 6 nitrogen and oxygen atoms in total. The molecule has 0 fully saturated rings. The molecule has 0 spiro atoms. The zero-order chi connectivity index (χ0) is 22.7. The van der Waals surface area contributed by atoms with Crippen LogP contribution in [0.25, 0.3) is 0 Å². The van der Waals surface area contributed by atoms with Crippen molar-refractivity contribution in [1.29, 1.82) is 0 Å². The van der Waals surface area contributed by atoms with Crippen molar-refractivity contribution in [3.8, 4) is 5.75 Å². The molecule has 1 aromatic carbocycles. The van der Waals surface area contributed by atoms with Crippen LogP contribution in [0.4, 0.5) is 5.69 Å². The van der Waals surface area contributed by atoms with Gasteiger partial charge in [-0.05, 0) is 12.5 Å². The zero-order valence-corrected chi connectivity index (χ0v) is 19.4. The molecule has 0 aliphatic heterocycles. The number of unbranched alkanes of at least 4 members (excludes halogenated alkanes) is 15. The van der Waals surface area contributed by atoms with E-state index < -0.39 is 10.8 Å². The molecular weight excluding hydrogens is 392 g/mol. The predicted molar refractivity (Wildman–Crippen MR) is 127 cm³/mol. The van der Waals surface area contributed by atoms with E-state index in [2.05, 4.69) is 12.2 Å². The van der Waals surface area contributed by atoms with Crippen LogP contribution in [0.1, 0.15) is 120 Å². The third kappa shape index (κ3) is 13.0. The van der Waals surface area contributed by atoms with Gasteiger partial charge in [0.05, 0.1) is 10.5 Å². The number of hydrogen-bond donors (Lipinski definition) is 2. The maximum absolute atomic E-state index is 12.1. The third-order valence-corrected chi connectivity index (χ3v) is 5.75. The van der Waals surface area contributed by atoms with Gasteiger partial charge in [-0.1, -0.05) is 103 Å². The van der Waals surface area contributed by atoms with Gasteiger partial charge < -0.3 is 10.4 Å². The van der Waals surface area contributed by atoms with Gasteiger partial charge in [0.15, 0.2) is 0 Å². The molecule has 176 valence electrons. The number of carbonyl (C=O) groups is 1. The predicted octanol–water partition coefficient (Wildman–Crippen LogP) is 7.29. The summed E-state index contributed by atoms with van der Waals surface area (Å²) in [7, 11) is 0. The van der Waals surface area contributed by atoms with Crippen molar-refractivity contribution in [3.05, 3.63) is 33.9 Å². The number of nitro groups is 1. The van der Waals surface area contributed by atoms with Crippen molar-refractivity contribution in [1.82, 2.24) is 5.32 Å². The van der Waals surface area contributed by atoms with Crippen molar-refractivity contribution in [2.45, 2.75) is 110 Å². The van der Waals surface area contributed by atoms with Gasteiger partial charge in [-0.15, -0.1) is 0 Å². The molecule has 0 saturated carbocycles. The summed E-state index contributed by atoms with van der Waals surface area (Å²) in [6, 6.07) is 3.47. The summed E-state index contributed by atoms with van der Waals surface area (Å²) in [4.78, 5) is 22.3. The molecule has 31 heavy (non-hydrogen) atoms. The van der Waals surface area contributed by atoms with E-state index in [0.717, 1.165) is 25.3 Å². The molecule has 1 aromatic rings. The van der Waals surface area contributed by atoms with Crippen LogP contribution in [0.15, 0.2) is 18.2 Å². The van der Waals surface area contributed by atoms with Gasteiger partial charge in [-0.2, -0.15) is 0 Å². The molecule has 0 aliphatic carbocycles. The maximum atomic E-state index is 12.1. The molecule has 0 aromatic heterocycles. The Morgan fingerprint density at radius 2 is 1.29 bits per heavy atom. The highest BCUT2D eigenvalue weighted by Crippen LogP contribution is 2.22. The molecule has 2 N–H and O–H groups in total. The molecule has 1 amide bonds. The van der Waals surface area contributed by atoms with E-state index in [9.17, 15) is 20.0 Å². The fourth-order valence-corrected chi connectivity index (χ4v) is 3.79. The number of aromatic hydroxyl groups is 1. The summed E-state index contributed by atoms with van der Waals surface area (Å²) in [5, 5.41) is 23.3. The minimum Gasteiger partial charge on any atom is -0.507 e. The summed E-state index contributed by atoms with van der Waals surface area (Å²) in [5.41, 5.74) is -0.254. The van der Waals surface area contributed by atoms with Gasteiger partial charge in [0.1, 0.15) is 5.75 Å². The molecule has 0 saturated heterocycles. The summed E-state index contributed by atoms with van der Waals surface area (Å²) < 4.78 is 0. The van der Waals surface area contributed by atoms with E-state index in [0.29, 0.717) is 6.54 Å². The fraction of sp³-hybridized carbons (Fsp3) is 0.720. The number of phenols is 1. The summed E-state index contributed by atoms with van der Waals surface area (Å²) >= 11 is 0. The fourth-order valence-electron chi connectivity index (χ4n) is 3.79. The molecular formula is C25H42N2O4. The van der Waals surface area contributed by atoms with Crippen LogP contribution in [-0.2, 0) is 0 Å². The van der Waals surface area contributed by atoms with E-state index in [1.165, 1.54) is 95.6 Å². The van der Waals surface area contributed by atoms with Crippen LogP contribution in [0.3, 0.4) is 0 Å². The lowest BCUT2D eigenvalue weighted by molar-refractivity contribution is -0.384. The van der Waals surface area contributed by atoms with E-state index in [-0.39, 0.29) is 17.0 Å². The second kappa shape index (κ2) is 17.6. The Hall–Kier alpha value is -2.11. The van der Waals surface area contributed by atoms with Crippen molar-refractivity contribution < 1.29 is 14.8 Å². The molecule has 0 bridgehead atoms. The standard InChI is InChI=1S/C25H42N2O4/c1-2-3-4-5-6-7-8-9-10-11-12-13-14-15-16-17-20-26-25(29)23-21-22(27(30)31)18-19-24(23)28/h18-19,21,28H,2-17,20H2,1H3,(H,26,29). The molecule has 0 unspecified atom stereocenters. The third-order valence-electron chi connectivity index (χ3n) is 5.75. The highest BCUT2D eigenvalue weighted by Gasteiger charge is 2.15. The number of carbonyl (C=O) groups excluding carboxylic acids is 1. The molecule has 6 heteroatoms. The van der Waals surface area contributed by atoms with Crippen LogP contribution >= 0.6 is 0 Å². The maximum Gasteiger partial charge on any atom is 0.270 e. The first-order valence-electron chi connectivity index (χ1n) is 12.3. The first kappa shape index (κ1) is 26.9. The van der Waals surface area contributed by atoms with Crippen LogP contribution < -0.4 is 5.32 Å². The lowest BCUT2D eigenvalue weighted by Crippen LogP contribution is -2.24. The minimum absolute atomic E-state index is 0.0503. The van der Waals surface area contributed by atoms with Gasteiger partial charge in [0.25, 0.3) is 11.6 Å². The summed E-state index contributed by atoms with van der Waals surface area (Å²) in [5.74, 6) is -0.711. The first-order chi connectivity index (χ1) is 15.1. The molecule has 1 rings (SSSR count). The number of non-ortho nitro benzene ring substituents is 1. The van der Waals surface area contributed by atoms with Crippen molar-refractivity contribution >= 4 is 11.6 Å². The Kier molecular flexibility index (Phi) is 15.3. The van der Waals surface area contributed by atoms with Gasteiger partial charge in [-0.3, -0.25) is 14.9 Å². The van der Waals surface area contributed by atoms with Crippen LogP contribution in [-0.4, -0.2) is 22.5 Å². The quantitative estimate of drug-likeness (QED) is 0.136. The normalized spacial score (nSPS) is 10.9. The van der Waals surface area contributed by atoms with E-state index in [4.69, 9.17) is 0 Å². The number of hydrogen-bond acceptors (Lipinski definition) is 4. The second-order valence-electron chi connectivity index (χ2n) is 8.52. The lowest BCUT2D eigenvalue weighted by atomic mass is 10.0. The van der Waals surface area contributed by atoms with Crippen LogP contribution in [0, 0.1) is 10.1 Å². The Bertz CT molecular complexity index is 634.